The molecule has 146 valence electrons. The largest absolute Gasteiger partial charge is 0.352 e. The summed E-state index contributed by atoms with van der Waals surface area (Å²) >= 11 is 1.63. The van der Waals surface area contributed by atoms with E-state index in [1.807, 2.05) is 4.90 Å². The minimum Gasteiger partial charge on any atom is -0.352 e. The molecule has 0 saturated carbocycles. The van der Waals surface area contributed by atoms with Crippen molar-refractivity contribution in [1.82, 2.24) is 14.9 Å². The third kappa shape index (κ3) is 4.17. The van der Waals surface area contributed by atoms with E-state index in [1.165, 1.54) is 18.4 Å². The standard InChI is InChI=1S/C22H26N4OS/c1-2-3-4-17-5-7-18(8-6-17)15-20(27)25-10-12-26(13-11-25)21-19-9-14-28-22(19)24-16-23-21/h5-9,14,16H,2-4,10-13,15H2,1H3. The zero-order valence-electron chi connectivity index (χ0n) is 16.3. The Morgan fingerprint density at radius 1 is 1.04 bits per heavy atom. The van der Waals surface area contributed by atoms with Gasteiger partial charge < -0.3 is 9.80 Å². The monoisotopic (exact) mass is 394 g/mol. The van der Waals surface area contributed by atoms with Crippen molar-refractivity contribution in [3.8, 4) is 0 Å². The predicted molar refractivity (Wildman–Crippen MR) is 115 cm³/mol. The number of anilines is 1. The Kier molecular flexibility index (Phi) is 5.86. The number of carbonyl (C=O) groups excluding carboxylic acids is 1. The van der Waals surface area contributed by atoms with Gasteiger partial charge in [0.15, 0.2) is 0 Å². The number of benzene rings is 1. The summed E-state index contributed by atoms with van der Waals surface area (Å²) in [6.07, 6.45) is 5.66. The summed E-state index contributed by atoms with van der Waals surface area (Å²) in [5.74, 6) is 1.20. The summed E-state index contributed by atoms with van der Waals surface area (Å²) in [6.45, 7) is 5.31. The zero-order chi connectivity index (χ0) is 19.3. The Labute approximate surface area is 170 Å². The second kappa shape index (κ2) is 8.69. The molecule has 3 heterocycles. The second-order valence-corrected chi connectivity index (χ2v) is 8.20. The van der Waals surface area contributed by atoms with Crippen LogP contribution in [0.15, 0.2) is 42.0 Å². The highest BCUT2D eigenvalue weighted by atomic mass is 32.1. The van der Waals surface area contributed by atoms with E-state index < -0.39 is 0 Å². The number of unbranched alkanes of at least 4 members (excludes halogenated alkanes) is 1. The van der Waals surface area contributed by atoms with Crippen LogP contribution in [0.25, 0.3) is 10.2 Å². The van der Waals surface area contributed by atoms with Crippen molar-refractivity contribution in [2.45, 2.75) is 32.6 Å². The molecule has 0 radical (unpaired) electrons. The van der Waals surface area contributed by atoms with Gasteiger partial charge in [-0.3, -0.25) is 4.79 Å². The van der Waals surface area contributed by atoms with Crippen molar-refractivity contribution in [1.29, 1.82) is 0 Å². The summed E-state index contributed by atoms with van der Waals surface area (Å²) in [4.78, 5) is 26.8. The number of amides is 1. The fourth-order valence-corrected chi connectivity index (χ4v) is 4.42. The first kappa shape index (κ1) is 18.9. The van der Waals surface area contributed by atoms with Crippen LogP contribution < -0.4 is 4.90 Å². The first-order valence-corrected chi connectivity index (χ1v) is 10.9. The van der Waals surface area contributed by atoms with Gasteiger partial charge in [-0.1, -0.05) is 37.6 Å². The number of aromatic nitrogens is 2. The van der Waals surface area contributed by atoms with Crippen LogP contribution in [0.5, 0.6) is 0 Å². The van der Waals surface area contributed by atoms with Crippen LogP contribution in [-0.2, 0) is 17.6 Å². The van der Waals surface area contributed by atoms with E-state index in [9.17, 15) is 4.79 Å². The van der Waals surface area contributed by atoms with Crippen LogP contribution in [-0.4, -0.2) is 47.0 Å². The van der Waals surface area contributed by atoms with Crippen molar-refractivity contribution < 1.29 is 4.79 Å². The normalized spacial score (nSPS) is 14.6. The Morgan fingerprint density at radius 2 is 1.79 bits per heavy atom. The molecule has 1 saturated heterocycles. The highest BCUT2D eigenvalue weighted by molar-refractivity contribution is 7.16. The maximum atomic E-state index is 12.7. The number of piperazine rings is 1. The highest BCUT2D eigenvalue weighted by Gasteiger charge is 2.23. The van der Waals surface area contributed by atoms with Crippen LogP contribution in [0.3, 0.4) is 0 Å². The molecule has 2 aromatic heterocycles. The number of hydrogen-bond donors (Lipinski definition) is 0. The molecule has 4 rings (SSSR count). The molecule has 0 spiro atoms. The van der Waals surface area contributed by atoms with E-state index in [2.05, 4.69) is 57.5 Å². The second-order valence-electron chi connectivity index (χ2n) is 7.30. The first-order valence-electron chi connectivity index (χ1n) is 10.0. The van der Waals surface area contributed by atoms with Gasteiger partial charge in [0, 0.05) is 26.2 Å². The number of fused-ring (bicyclic) bond motifs is 1. The third-order valence-electron chi connectivity index (χ3n) is 5.37. The van der Waals surface area contributed by atoms with Crippen molar-refractivity contribution in [3.63, 3.8) is 0 Å². The molecule has 28 heavy (non-hydrogen) atoms. The molecule has 0 aliphatic carbocycles. The molecule has 3 aromatic rings. The molecule has 0 atom stereocenters. The number of rotatable bonds is 6. The van der Waals surface area contributed by atoms with Crippen molar-refractivity contribution in [2.75, 3.05) is 31.1 Å². The molecule has 0 N–H and O–H groups in total. The van der Waals surface area contributed by atoms with E-state index in [-0.39, 0.29) is 5.91 Å². The van der Waals surface area contributed by atoms with Gasteiger partial charge in [-0.15, -0.1) is 11.3 Å². The minimum absolute atomic E-state index is 0.212. The quantitative estimate of drug-likeness (QED) is 0.636. The summed E-state index contributed by atoms with van der Waals surface area (Å²) in [5.41, 5.74) is 2.46. The Hall–Kier alpha value is -2.47. The van der Waals surface area contributed by atoms with Crippen molar-refractivity contribution >= 4 is 33.3 Å². The van der Waals surface area contributed by atoms with E-state index in [0.29, 0.717) is 6.42 Å². The number of carbonyl (C=O) groups is 1. The number of nitrogens with zero attached hydrogens (tertiary/aromatic N) is 4. The van der Waals surface area contributed by atoms with Crippen molar-refractivity contribution in [2.24, 2.45) is 0 Å². The summed E-state index contributed by atoms with van der Waals surface area (Å²) in [5, 5.41) is 3.16. The van der Waals surface area contributed by atoms with E-state index in [0.717, 1.165) is 54.2 Å². The third-order valence-corrected chi connectivity index (χ3v) is 6.19. The van der Waals surface area contributed by atoms with Gasteiger partial charge in [0.1, 0.15) is 17.0 Å². The van der Waals surface area contributed by atoms with Gasteiger partial charge in [0.2, 0.25) is 5.91 Å². The molecule has 1 aliphatic heterocycles. The van der Waals surface area contributed by atoms with Crippen LogP contribution in [0.4, 0.5) is 5.82 Å². The first-order chi connectivity index (χ1) is 13.7. The van der Waals surface area contributed by atoms with E-state index in [4.69, 9.17) is 0 Å². The summed E-state index contributed by atoms with van der Waals surface area (Å²) in [7, 11) is 0. The summed E-state index contributed by atoms with van der Waals surface area (Å²) < 4.78 is 0. The SMILES string of the molecule is CCCCc1ccc(CC(=O)N2CCN(c3ncnc4sccc34)CC2)cc1. The van der Waals surface area contributed by atoms with E-state index >= 15 is 0 Å². The van der Waals surface area contributed by atoms with Crippen LogP contribution in [0, 0.1) is 0 Å². The average Bonchev–Trinajstić information content (AvgIpc) is 3.22. The molecule has 0 bridgehead atoms. The van der Waals surface area contributed by atoms with Gasteiger partial charge in [0.05, 0.1) is 11.8 Å². The summed E-state index contributed by atoms with van der Waals surface area (Å²) in [6, 6.07) is 10.6. The molecule has 5 nitrogen and oxygen atoms in total. The van der Waals surface area contributed by atoms with Crippen molar-refractivity contribution in [3.05, 3.63) is 53.2 Å². The Balaban J connectivity index is 1.33. The molecule has 1 aliphatic rings. The molecule has 0 unspecified atom stereocenters. The lowest BCUT2D eigenvalue weighted by Crippen LogP contribution is -2.49. The van der Waals surface area contributed by atoms with Gasteiger partial charge >= 0.3 is 0 Å². The predicted octanol–water partition coefficient (Wildman–Crippen LogP) is 3.93. The van der Waals surface area contributed by atoms with Gasteiger partial charge in [-0.05, 0) is 35.4 Å². The number of aryl methyl sites for hydroxylation is 1. The molecule has 1 aromatic carbocycles. The minimum atomic E-state index is 0.212. The maximum absolute atomic E-state index is 12.7. The smallest absolute Gasteiger partial charge is 0.227 e. The fraction of sp³-hybridized carbons (Fsp3) is 0.409. The lowest BCUT2D eigenvalue weighted by molar-refractivity contribution is -0.130. The number of thiophene rings is 1. The Bertz CT molecular complexity index is 929. The van der Waals surface area contributed by atoms with Gasteiger partial charge in [-0.2, -0.15) is 0 Å². The zero-order valence-corrected chi connectivity index (χ0v) is 17.1. The molecule has 1 fully saturated rings. The highest BCUT2D eigenvalue weighted by Crippen LogP contribution is 2.27. The lowest BCUT2D eigenvalue weighted by atomic mass is 10.0. The fourth-order valence-electron chi connectivity index (χ4n) is 3.69. The van der Waals surface area contributed by atoms with Crippen LogP contribution >= 0.6 is 11.3 Å². The topological polar surface area (TPSA) is 49.3 Å². The van der Waals surface area contributed by atoms with Crippen LogP contribution in [0.1, 0.15) is 30.9 Å². The van der Waals surface area contributed by atoms with Gasteiger partial charge in [0.25, 0.3) is 0 Å². The van der Waals surface area contributed by atoms with Crippen LogP contribution in [0.2, 0.25) is 0 Å². The average molecular weight is 395 g/mol. The van der Waals surface area contributed by atoms with E-state index in [1.54, 1.807) is 17.7 Å². The Morgan fingerprint density at radius 3 is 2.54 bits per heavy atom. The lowest BCUT2D eigenvalue weighted by Gasteiger charge is -2.35. The molecular formula is C22H26N4OS. The van der Waals surface area contributed by atoms with Gasteiger partial charge in [-0.25, -0.2) is 9.97 Å². The molecule has 6 heteroatoms. The maximum Gasteiger partial charge on any atom is 0.227 e. The number of hydrogen-bond acceptors (Lipinski definition) is 5. The molecule has 1 amide bonds. The molecular weight excluding hydrogens is 368 g/mol.